The van der Waals surface area contributed by atoms with E-state index in [0.717, 1.165) is 6.42 Å². The van der Waals surface area contributed by atoms with E-state index < -0.39 is 35.7 Å². The average Bonchev–Trinajstić information content (AvgIpc) is 2.56. The highest BCUT2D eigenvalue weighted by Gasteiger charge is 2.24. The highest BCUT2D eigenvalue weighted by Crippen LogP contribution is 2.17. The molecule has 0 aromatic carbocycles. The molecule has 0 saturated carbocycles. The first-order valence-corrected chi connectivity index (χ1v) is 10.0. The molecule has 0 aromatic heterocycles. The van der Waals surface area contributed by atoms with Crippen molar-refractivity contribution in [2.24, 2.45) is 0 Å². The molecular weight excluding hydrogens is 380 g/mol. The van der Waals surface area contributed by atoms with E-state index in [-0.39, 0.29) is 12.0 Å². The van der Waals surface area contributed by atoms with Crippen molar-refractivity contribution in [3.8, 4) is 0 Å². The van der Waals surface area contributed by atoms with Gasteiger partial charge in [-0.1, -0.05) is 33.3 Å². The Balaban J connectivity index is 4.64. The molecule has 170 valence electrons. The first-order valence-electron chi connectivity index (χ1n) is 10.0. The van der Waals surface area contributed by atoms with Crippen molar-refractivity contribution >= 4 is 11.9 Å². The van der Waals surface area contributed by atoms with Gasteiger partial charge in [0, 0.05) is 18.4 Å². The van der Waals surface area contributed by atoms with Crippen molar-refractivity contribution in [2.45, 2.75) is 111 Å². The van der Waals surface area contributed by atoms with E-state index in [4.69, 9.17) is 29.0 Å². The molecule has 0 aromatic rings. The van der Waals surface area contributed by atoms with Crippen LogP contribution < -0.4 is 0 Å². The number of hydrogen-bond donors (Lipinski definition) is 0. The molecule has 0 N–H and O–H groups in total. The van der Waals surface area contributed by atoms with E-state index in [1.807, 2.05) is 55.4 Å². The van der Waals surface area contributed by atoms with Crippen molar-refractivity contribution < 1.29 is 38.6 Å². The van der Waals surface area contributed by atoms with Crippen LogP contribution in [0, 0.1) is 0 Å². The smallest absolute Gasteiger partial charge is 0.336 e. The van der Waals surface area contributed by atoms with E-state index in [2.05, 4.69) is 6.58 Å². The second-order valence-corrected chi connectivity index (χ2v) is 8.70. The molecular formula is C21H38O8. The van der Waals surface area contributed by atoms with E-state index in [1.165, 1.54) is 0 Å². The van der Waals surface area contributed by atoms with Gasteiger partial charge in [-0.3, -0.25) is 4.79 Å². The summed E-state index contributed by atoms with van der Waals surface area (Å²) in [6, 6.07) is 0. The van der Waals surface area contributed by atoms with Gasteiger partial charge in [-0.05, 0) is 41.5 Å². The van der Waals surface area contributed by atoms with Crippen LogP contribution in [-0.2, 0) is 38.6 Å². The summed E-state index contributed by atoms with van der Waals surface area (Å²) in [7, 11) is 0. The van der Waals surface area contributed by atoms with Crippen molar-refractivity contribution in [2.75, 3.05) is 0 Å². The molecule has 8 heteroatoms. The minimum absolute atomic E-state index is 0.0533. The number of carbonyl (C=O) groups is 2. The molecule has 2 atom stereocenters. The van der Waals surface area contributed by atoms with Crippen LogP contribution in [0.3, 0.4) is 0 Å². The number of hydrogen-bond acceptors (Lipinski definition) is 8. The van der Waals surface area contributed by atoms with Crippen LogP contribution in [0.25, 0.3) is 0 Å². The fourth-order valence-corrected chi connectivity index (χ4v) is 1.76. The zero-order valence-electron chi connectivity index (χ0n) is 19.2. The van der Waals surface area contributed by atoms with Gasteiger partial charge in [0.25, 0.3) is 0 Å². The molecule has 0 saturated heterocycles. The van der Waals surface area contributed by atoms with Crippen LogP contribution in [0.4, 0.5) is 0 Å². The Hall–Kier alpha value is -1.48. The predicted octanol–water partition coefficient (Wildman–Crippen LogP) is 4.76. The standard InChI is InChI=1S/C21H38O8/c1-10-12-17(26-28-20(4,5)6)24-16(22)14-15(3)19(23)25-18(13-11-2)27-29-21(7,8)9/h17-18H,3,10-14H2,1-2,4-9H3. The lowest BCUT2D eigenvalue weighted by molar-refractivity contribution is -0.410. The molecule has 0 heterocycles. The van der Waals surface area contributed by atoms with E-state index in [1.54, 1.807) is 0 Å². The third kappa shape index (κ3) is 15.1. The Morgan fingerprint density at radius 2 is 1.21 bits per heavy atom. The first kappa shape index (κ1) is 27.5. The Kier molecular flexibility index (Phi) is 12.3. The lowest BCUT2D eigenvalue weighted by atomic mass is 10.2. The van der Waals surface area contributed by atoms with Crippen molar-refractivity contribution in [3.05, 3.63) is 12.2 Å². The third-order valence-electron chi connectivity index (χ3n) is 3.01. The highest BCUT2D eigenvalue weighted by atomic mass is 17.2. The number of esters is 2. The van der Waals surface area contributed by atoms with Gasteiger partial charge in [0.05, 0.1) is 17.6 Å². The maximum absolute atomic E-state index is 12.2. The molecule has 0 bridgehead atoms. The normalized spacial score (nSPS) is 14.2. The topological polar surface area (TPSA) is 89.5 Å². The maximum atomic E-state index is 12.2. The van der Waals surface area contributed by atoms with Crippen molar-refractivity contribution in [1.29, 1.82) is 0 Å². The molecule has 29 heavy (non-hydrogen) atoms. The Morgan fingerprint density at radius 1 is 0.793 bits per heavy atom. The molecule has 0 amide bonds. The van der Waals surface area contributed by atoms with Gasteiger partial charge in [0.2, 0.25) is 12.6 Å². The summed E-state index contributed by atoms with van der Waals surface area (Å²) in [4.78, 5) is 45.2. The first-order chi connectivity index (χ1) is 13.3. The Bertz CT molecular complexity index is 516. The molecule has 0 aliphatic rings. The maximum Gasteiger partial charge on any atom is 0.336 e. The fraction of sp³-hybridized carbons (Fsp3) is 0.810. The fourth-order valence-electron chi connectivity index (χ4n) is 1.76. The second kappa shape index (κ2) is 13.0. The monoisotopic (exact) mass is 418 g/mol. The minimum Gasteiger partial charge on any atom is -0.433 e. The number of ether oxygens (including phenoxy) is 2. The largest absolute Gasteiger partial charge is 0.433 e. The van der Waals surface area contributed by atoms with Crippen LogP contribution in [0.1, 0.15) is 87.5 Å². The van der Waals surface area contributed by atoms with Crippen molar-refractivity contribution in [3.63, 3.8) is 0 Å². The van der Waals surface area contributed by atoms with Gasteiger partial charge in [-0.25, -0.2) is 14.6 Å². The van der Waals surface area contributed by atoms with Gasteiger partial charge >= 0.3 is 11.9 Å². The van der Waals surface area contributed by atoms with Crippen LogP contribution in [0.2, 0.25) is 0 Å². The van der Waals surface area contributed by atoms with Gasteiger partial charge in [0.15, 0.2) is 0 Å². The Labute approximate surface area is 174 Å². The van der Waals surface area contributed by atoms with Gasteiger partial charge in [-0.15, -0.1) is 0 Å². The molecule has 0 spiro atoms. The minimum atomic E-state index is -0.893. The van der Waals surface area contributed by atoms with E-state index in [9.17, 15) is 9.59 Å². The van der Waals surface area contributed by atoms with Crippen LogP contribution in [0.15, 0.2) is 12.2 Å². The summed E-state index contributed by atoms with van der Waals surface area (Å²) in [6.45, 7) is 18.3. The summed E-state index contributed by atoms with van der Waals surface area (Å²) in [5, 5.41) is 0. The SMILES string of the molecule is C=C(CC(=O)OC(CCC)OOC(C)(C)C)C(=O)OC(CCC)OOC(C)(C)C. The summed E-state index contributed by atoms with van der Waals surface area (Å²) in [6.07, 6.45) is 0.229. The number of rotatable bonds is 13. The summed E-state index contributed by atoms with van der Waals surface area (Å²) >= 11 is 0. The third-order valence-corrected chi connectivity index (χ3v) is 3.01. The molecule has 0 aliphatic heterocycles. The highest BCUT2D eigenvalue weighted by molar-refractivity contribution is 5.93. The van der Waals surface area contributed by atoms with Gasteiger partial charge < -0.3 is 9.47 Å². The molecule has 2 unspecified atom stereocenters. The summed E-state index contributed by atoms with van der Waals surface area (Å²) in [5.41, 5.74) is -1.15. The van der Waals surface area contributed by atoms with E-state index >= 15 is 0 Å². The average molecular weight is 419 g/mol. The molecule has 0 fully saturated rings. The summed E-state index contributed by atoms with van der Waals surface area (Å²) in [5.74, 6) is -1.42. The van der Waals surface area contributed by atoms with Crippen LogP contribution >= 0.6 is 0 Å². The van der Waals surface area contributed by atoms with Crippen LogP contribution in [-0.4, -0.2) is 35.7 Å². The predicted molar refractivity (Wildman–Crippen MR) is 107 cm³/mol. The number of carbonyl (C=O) groups excluding carboxylic acids is 2. The molecule has 8 nitrogen and oxygen atoms in total. The molecule has 0 radical (unpaired) electrons. The quantitative estimate of drug-likeness (QED) is 0.139. The van der Waals surface area contributed by atoms with E-state index in [0.29, 0.717) is 19.3 Å². The Morgan fingerprint density at radius 3 is 1.59 bits per heavy atom. The van der Waals surface area contributed by atoms with Crippen LogP contribution in [0.5, 0.6) is 0 Å². The van der Waals surface area contributed by atoms with Gasteiger partial charge in [-0.2, -0.15) is 9.78 Å². The van der Waals surface area contributed by atoms with Gasteiger partial charge in [0.1, 0.15) is 0 Å². The second-order valence-electron chi connectivity index (χ2n) is 8.70. The van der Waals surface area contributed by atoms with Crippen molar-refractivity contribution in [1.82, 2.24) is 0 Å². The molecule has 0 aliphatic carbocycles. The summed E-state index contributed by atoms with van der Waals surface area (Å²) < 4.78 is 10.5. The zero-order chi connectivity index (χ0) is 22.7. The molecule has 0 rings (SSSR count). The zero-order valence-corrected chi connectivity index (χ0v) is 19.2. The lowest BCUT2D eigenvalue weighted by Crippen LogP contribution is -2.29. The lowest BCUT2D eigenvalue weighted by Gasteiger charge is -2.24.